The third-order valence-corrected chi connectivity index (χ3v) is 1.97. The quantitative estimate of drug-likeness (QED) is 0.703. The summed E-state index contributed by atoms with van der Waals surface area (Å²) >= 11 is 0. The van der Waals surface area contributed by atoms with Crippen molar-refractivity contribution in [3.8, 4) is 5.75 Å². The van der Waals surface area contributed by atoms with Crippen LogP contribution in [0.15, 0.2) is 36.3 Å². The van der Waals surface area contributed by atoms with E-state index in [-0.39, 0.29) is 51.4 Å². The fraction of sp³-hybridized carbons (Fsp3) is 0.200. The molecule has 0 aliphatic rings. The first-order valence-corrected chi connectivity index (χ1v) is 4.47. The number of hydrogen-bond acceptors (Lipinski definition) is 1. The molecule has 0 bridgehead atoms. The Balaban J connectivity index is 0.00000225. The van der Waals surface area contributed by atoms with Gasteiger partial charge in [-0.05, 0) is 18.6 Å². The first-order valence-electron chi connectivity index (χ1n) is 4.47. The van der Waals surface area contributed by atoms with E-state index in [1.807, 2.05) is 0 Å². The molecule has 6 heteroatoms. The van der Waals surface area contributed by atoms with Gasteiger partial charge in [-0.1, -0.05) is 18.2 Å². The van der Waals surface area contributed by atoms with Crippen LogP contribution in [0.1, 0.15) is 5.56 Å². The second-order valence-corrected chi connectivity index (χ2v) is 3.29. The molecule has 0 fully saturated rings. The van der Waals surface area contributed by atoms with E-state index in [1.165, 1.54) is 0 Å². The van der Waals surface area contributed by atoms with Gasteiger partial charge in [0.1, 0.15) is 5.75 Å². The summed E-state index contributed by atoms with van der Waals surface area (Å²) in [7, 11) is 0. The van der Waals surface area contributed by atoms with Crippen LogP contribution >= 0.6 is 0 Å². The molecule has 0 unspecified atom stereocenters. The second kappa shape index (κ2) is 6.86. The molecule has 16 heavy (non-hydrogen) atoms. The summed E-state index contributed by atoms with van der Waals surface area (Å²) in [6, 6.07) is 6.91. The van der Waals surface area contributed by atoms with Crippen molar-refractivity contribution in [2.45, 2.75) is 6.92 Å². The first kappa shape index (κ1) is 16.3. The van der Waals surface area contributed by atoms with Gasteiger partial charge in [0, 0.05) is 0 Å². The van der Waals surface area contributed by atoms with Crippen molar-refractivity contribution in [3.05, 3.63) is 41.9 Å². The van der Waals surface area contributed by atoms with Gasteiger partial charge in [-0.25, -0.2) is 0 Å². The summed E-state index contributed by atoms with van der Waals surface area (Å²) in [5, 5.41) is 0. The van der Waals surface area contributed by atoms with Gasteiger partial charge in [-0.3, -0.25) is 0 Å². The second-order valence-electron chi connectivity index (χ2n) is 3.29. The third-order valence-electron chi connectivity index (χ3n) is 1.97. The number of rotatable bonds is 4. The van der Waals surface area contributed by atoms with Crippen LogP contribution in [0.25, 0.3) is 0 Å². The number of halogens is 3. The van der Waals surface area contributed by atoms with Gasteiger partial charge in [0.25, 0.3) is 0 Å². The van der Waals surface area contributed by atoms with Crippen LogP contribution in [0.5, 0.6) is 5.75 Å². The number of para-hydroxylation sites is 1. The average molecular weight is 254 g/mol. The maximum atomic E-state index is 12.1. The smallest absolute Gasteiger partial charge is 0.492 e. The van der Waals surface area contributed by atoms with Crippen molar-refractivity contribution in [1.82, 2.24) is 0 Å². The van der Waals surface area contributed by atoms with Gasteiger partial charge < -0.3 is 17.7 Å². The SMILES string of the molecule is C=C(COc1ccccc1C)[B-](F)(F)F.[K+]. The van der Waals surface area contributed by atoms with E-state index in [9.17, 15) is 12.9 Å². The predicted octanol–water partition coefficient (Wildman–Crippen LogP) is 0.321. The molecule has 0 atom stereocenters. The minimum absolute atomic E-state index is 0. The third kappa shape index (κ3) is 5.05. The molecule has 0 amide bonds. The van der Waals surface area contributed by atoms with Crippen LogP contribution in [-0.2, 0) is 0 Å². The Morgan fingerprint density at radius 1 is 1.31 bits per heavy atom. The van der Waals surface area contributed by atoms with Crippen molar-refractivity contribution >= 4 is 6.98 Å². The summed E-state index contributed by atoms with van der Waals surface area (Å²) in [4.78, 5) is 0. The summed E-state index contributed by atoms with van der Waals surface area (Å²) in [5.41, 5.74) is -0.0155. The molecule has 0 aromatic heterocycles. The molecule has 1 aromatic carbocycles. The van der Waals surface area contributed by atoms with Crippen molar-refractivity contribution in [3.63, 3.8) is 0 Å². The molecular weight excluding hydrogens is 243 g/mol. The molecule has 1 rings (SSSR count). The van der Waals surface area contributed by atoms with Crippen LogP contribution < -0.4 is 56.1 Å². The number of ether oxygens (including phenoxy) is 1. The Morgan fingerprint density at radius 2 is 1.88 bits per heavy atom. The van der Waals surface area contributed by atoms with Gasteiger partial charge in [-0.2, -0.15) is 0 Å². The largest absolute Gasteiger partial charge is 1.00 e. The van der Waals surface area contributed by atoms with Gasteiger partial charge in [0.2, 0.25) is 0 Å². The molecule has 82 valence electrons. The number of benzene rings is 1. The van der Waals surface area contributed by atoms with Crippen LogP contribution in [0.4, 0.5) is 12.9 Å². The van der Waals surface area contributed by atoms with E-state index in [0.717, 1.165) is 5.56 Å². The van der Waals surface area contributed by atoms with Gasteiger partial charge in [-0.15, -0.1) is 12.1 Å². The normalized spacial score (nSPS) is 10.5. The molecule has 0 heterocycles. The molecule has 0 saturated heterocycles. The zero-order valence-electron chi connectivity index (χ0n) is 9.34. The molecule has 0 spiro atoms. The average Bonchev–Trinajstić information content (AvgIpc) is 2.14. The van der Waals surface area contributed by atoms with Crippen LogP contribution in [0.2, 0.25) is 0 Å². The van der Waals surface area contributed by atoms with Crippen LogP contribution in [-0.4, -0.2) is 13.6 Å². The summed E-state index contributed by atoms with van der Waals surface area (Å²) < 4.78 is 41.4. The Hall–Kier alpha value is 0.251. The monoisotopic (exact) mass is 254 g/mol. The Morgan fingerprint density at radius 3 is 2.38 bits per heavy atom. The van der Waals surface area contributed by atoms with E-state index in [0.29, 0.717) is 5.75 Å². The number of aryl methyl sites for hydroxylation is 1. The minimum atomic E-state index is -5.00. The molecule has 0 aliphatic heterocycles. The van der Waals surface area contributed by atoms with E-state index < -0.39 is 19.1 Å². The van der Waals surface area contributed by atoms with E-state index in [4.69, 9.17) is 4.74 Å². The molecule has 0 N–H and O–H groups in total. The van der Waals surface area contributed by atoms with E-state index in [1.54, 1.807) is 31.2 Å². The molecule has 1 aromatic rings. The summed E-state index contributed by atoms with van der Waals surface area (Å²) in [6.45, 7) is -0.783. The van der Waals surface area contributed by atoms with Crippen LogP contribution in [0.3, 0.4) is 0 Å². The minimum Gasteiger partial charge on any atom is -0.492 e. The molecule has 0 radical (unpaired) electrons. The standard InChI is InChI=1S/C10H11BF3O.K/c1-8-5-3-4-6-10(8)15-7-9(2)11(12,13)14;/h3-6H,2,7H2,1H3;/q-1;+1. The van der Waals surface area contributed by atoms with Crippen molar-refractivity contribution in [2.75, 3.05) is 6.61 Å². The van der Waals surface area contributed by atoms with Crippen LogP contribution in [0, 0.1) is 6.92 Å². The summed E-state index contributed by atoms with van der Waals surface area (Å²) in [6.07, 6.45) is 0. The Kier molecular flexibility index (Phi) is 6.97. The van der Waals surface area contributed by atoms with Crippen molar-refractivity contribution < 1.29 is 69.1 Å². The predicted molar refractivity (Wildman–Crippen MR) is 54.9 cm³/mol. The summed E-state index contributed by atoms with van der Waals surface area (Å²) in [5.74, 6) is 0.457. The topological polar surface area (TPSA) is 9.23 Å². The first-order chi connectivity index (χ1) is 6.91. The maximum Gasteiger partial charge on any atom is 1.00 e. The van der Waals surface area contributed by atoms with Crippen molar-refractivity contribution in [2.24, 2.45) is 0 Å². The molecule has 1 nitrogen and oxygen atoms in total. The zero-order valence-corrected chi connectivity index (χ0v) is 12.5. The van der Waals surface area contributed by atoms with Gasteiger partial charge >= 0.3 is 58.4 Å². The maximum absolute atomic E-state index is 12.1. The van der Waals surface area contributed by atoms with E-state index >= 15 is 0 Å². The number of hydrogen-bond donors (Lipinski definition) is 0. The van der Waals surface area contributed by atoms with Gasteiger partial charge in [0.05, 0.1) is 6.61 Å². The molecule has 0 aliphatic carbocycles. The molecular formula is C10H11BF3KO. The van der Waals surface area contributed by atoms with Crippen molar-refractivity contribution in [1.29, 1.82) is 0 Å². The zero-order chi connectivity index (χ0) is 11.5. The van der Waals surface area contributed by atoms with E-state index in [2.05, 4.69) is 6.58 Å². The fourth-order valence-electron chi connectivity index (χ4n) is 0.983. The Bertz CT molecular complexity index is 365. The fourth-order valence-corrected chi connectivity index (χ4v) is 0.983. The molecule has 0 saturated carbocycles. The van der Waals surface area contributed by atoms with Gasteiger partial charge in [0.15, 0.2) is 0 Å². The Labute approximate surface area is 136 Å².